The Balaban J connectivity index is 1.71. The average Bonchev–Trinajstić information content (AvgIpc) is 2.73. The fourth-order valence-electron chi connectivity index (χ4n) is 3.99. The molecule has 1 fully saturated rings. The molecule has 0 unspecified atom stereocenters. The second-order valence-electron chi connectivity index (χ2n) is 7.31. The smallest absolute Gasteiger partial charge is 0.149 e. The van der Waals surface area contributed by atoms with E-state index in [1.807, 2.05) is 12.1 Å². The predicted octanol–water partition coefficient (Wildman–Crippen LogP) is 4.25. The van der Waals surface area contributed by atoms with Gasteiger partial charge in [-0.15, -0.1) is 0 Å². The maximum absolute atomic E-state index is 14.1. The fraction of sp³-hybridized carbons (Fsp3) is 0.364. The Labute approximate surface area is 163 Å². The third-order valence-electron chi connectivity index (χ3n) is 5.59. The molecule has 0 atom stereocenters. The maximum Gasteiger partial charge on any atom is 0.149 e. The summed E-state index contributed by atoms with van der Waals surface area (Å²) in [6.45, 7) is 4.12. The van der Waals surface area contributed by atoms with Crippen LogP contribution in [0.3, 0.4) is 0 Å². The quantitative estimate of drug-likeness (QED) is 0.716. The van der Waals surface area contributed by atoms with Crippen molar-refractivity contribution >= 4 is 16.7 Å². The van der Waals surface area contributed by atoms with Gasteiger partial charge in [0, 0.05) is 36.1 Å². The van der Waals surface area contributed by atoms with Crippen LogP contribution in [0.2, 0.25) is 0 Å². The van der Waals surface area contributed by atoms with Gasteiger partial charge in [0.25, 0.3) is 0 Å². The lowest BCUT2D eigenvalue weighted by Gasteiger charge is -2.39. The van der Waals surface area contributed by atoms with Gasteiger partial charge < -0.3 is 14.8 Å². The van der Waals surface area contributed by atoms with Gasteiger partial charge in [0.1, 0.15) is 29.2 Å². The molecule has 0 bridgehead atoms. The first-order chi connectivity index (χ1) is 13.6. The first-order valence-electron chi connectivity index (χ1n) is 9.49. The average molecular weight is 381 g/mol. The Kier molecular flexibility index (Phi) is 5.13. The van der Waals surface area contributed by atoms with Crippen molar-refractivity contribution in [1.29, 1.82) is 0 Å². The summed E-state index contributed by atoms with van der Waals surface area (Å²) >= 11 is 0. The molecule has 28 heavy (non-hydrogen) atoms. The SMILES string of the molecule is COc1ccc(C)cc1C1(CNc2ncnc3c(F)cccc23)CCOCC1. The zero-order chi connectivity index (χ0) is 19.6. The van der Waals surface area contributed by atoms with Crippen molar-refractivity contribution in [3.8, 4) is 5.75 Å². The molecule has 4 rings (SSSR count). The highest BCUT2D eigenvalue weighted by molar-refractivity contribution is 5.89. The highest BCUT2D eigenvalue weighted by Gasteiger charge is 2.37. The number of rotatable bonds is 5. The number of ether oxygens (including phenoxy) is 2. The van der Waals surface area contributed by atoms with E-state index in [2.05, 4.69) is 34.3 Å². The molecular weight excluding hydrogens is 357 g/mol. The number of nitrogens with one attached hydrogen (secondary N) is 1. The topological polar surface area (TPSA) is 56.3 Å². The summed E-state index contributed by atoms with van der Waals surface area (Å²) in [6, 6.07) is 11.2. The van der Waals surface area contributed by atoms with Gasteiger partial charge in [-0.1, -0.05) is 23.8 Å². The lowest BCUT2D eigenvalue weighted by Crippen LogP contribution is -2.40. The van der Waals surface area contributed by atoms with Crippen LogP contribution < -0.4 is 10.1 Å². The zero-order valence-corrected chi connectivity index (χ0v) is 16.2. The van der Waals surface area contributed by atoms with E-state index < -0.39 is 0 Å². The normalized spacial score (nSPS) is 16.1. The number of hydrogen-bond donors (Lipinski definition) is 1. The van der Waals surface area contributed by atoms with Crippen LogP contribution in [0.25, 0.3) is 10.9 Å². The molecule has 1 aromatic heterocycles. The van der Waals surface area contributed by atoms with Crippen LogP contribution in [0.15, 0.2) is 42.7 Å². The summed E-state index contributed by atoms with van der Waals surface area (Å²) in [5.74, 6) is 1.18. The van der Waals surface area contributed by atoms with E-state index in [9.17, 15) is 4.39 Å². The minimum atomic E-state index is -0.343. The van der Waals surface area contributed by atoms with E-state index in [0.717, 1.165) is 18.6 Å². The Morgan fingerprint density at radius 2 is 2.00 bits per heavy atom. The van der Waals surface area contributed by atoms with Gasteiger partial charge in [-0.2, -0.15) is 0 Å². The van der Waals surface area contributed by atoms with Crippen molar-refractivity contribution in [2.75, 3.05) is 32.2 Å². The minimum Gasteiger partial charge on any atom is -0.496 e. The number of aromatic nitrogens is 2. The van der Waals surface area contributed by atoms with Crippen molar-refractivity contribution in [2.45, 2.75) is 25.2 Å². The summed E-state index contributed by atoms with van der Waals surface area (Å²) in [5.41, 5.74) is 2.54. The molecule has 146 valence electrons. The van der Waals surface area contributed by atoms with Gasteiger partial charge in [-0.25, -0.2) is 14.4 Å². The number of anilines is 1. The van der Waals surface area contributed by atoms with E-state index in [1.165, 1.54) is 23.5 Å². The number of hydrogen-bond acceptors (Lipinski definition) is 5. The van der Waals surface area contributed by atoms with E-state index in [0.29, 0.717) is 36.5 Å². The maximum atomic E-state index is 14.1. The molecule has 2 heterocycles. The summed E-state index contributed by atoms with van der Waals surface area (Å²) in [6.07, 6.45) is 3.14. The van der Waals surface area contributed by atoms with Crippen LogP contribution in [-0.4, -0.2) is 36.8 Å². The number of fused-ring (bicyclic) bond motifs is 1. The molecule has 6 heteroatoms. The molecule has 1 aliphatic heterocycles. The van der Waals surface area contributed by atoms with Crippen molar-refractivity contribution in [3.05, 3.63) is 59.7 Å². The lowest BCUT2D eigenvalue weighted by atomic mass is 9.73. The van der Waals surface area contributed by atoms with Crippen molar-refractivity contribution in [2.24, 2.45) is 0 Å². The summed E-state index contributed by atoms with van der Waals surface area (Å²) in [7, 11) is 1.70. The first kappa shape index (κ1) is 18.6. The second-order valence-corrected chi connectivity index (χ2v) is 7.31. The Bertz CT molecular complexity index is 987. The van der Waals surface area contributed by atoms with Crippen LogP contribution in [-0.2, 0) is 10.2 Å². The summed E-state index contributed by atoms with van der Waals surface area (Å²) < 4.78 is 25.4. The monoisotopic (exact) mass is 381 g/mol. The van der Waals surface area contributed by atoms with Gasteiger partial charge in [-0.05, 0) is 38.0 Å². The van der Waals surface area contributed by atoms with Crippen LogP contribution in [0.4, 0.5) is 10.2 Å². The molecular formula is C22H24FN3O2. The van der Waals surface area contributed by atoms with Gasteiger partial charge in [0.05, 0.1) is 7.11 Å². The molecule has 0 aliphatic carbocycles. The van der Waals surface area contributed by atoms with E-state index >= 15 is 0 Å². The van der Waals surface area contributed by atoms with Gasteiger partial charge in [-0.3, -0.25) is 0 Å². The van der Waals surface area contributed by atoms with Gasteiger partial charge >= 0.3 is 0 Å². The number of para-hydroxylation sites is 1. The highest BCUT2D eigenvalue weighted by Crippen LogP contribution is 2.40. The number of nitrogens with zero attached hydrogens (tertiary/aromatic N) is 2. The highest BCUT2D eigenvalue weighted by atomic mass is 19.1. The van der Waals surface area contributed by atoms with Crippen molar-refractivity contribution in [3.63, 3.8) is 0 Å². The Hall–Kier alpha value is -2.73. The second kappa shape index (κ2) is 7.72. The molecule has 0 saturated carbocycles. The van der Waals surface area contributed by atoms with E-state index in [1.54, 1.807) is 13.2 Å². The van der Waals surface area contributed by atoms with Crippen LogP contribution in [0, 0.1) is 12.7 Å². The molecule has 1 N–H and O–H groups in total. The molecule has 1 aliphatic rings. The predicted molar refractivity (Wildman–Crippen MR) is 107 cm³/mol. The number of methoxy groups -OCH3 is 1. The summed E-state index contributed by atoms with van der Waals surface area (Å²) in [4.78, 5) is 8.45. The number of halogens is 1. The summed E-state index contributed by atoms with van der Waals surface area (Å²) in [5, 5.41) is 4.15. The van der Waals surface area contributed by atoms with E-state index in [-0.39, 0.29) is 11.2 Å². The third kappa shape index (κ3) is 3.40. The lowest BCUT2D eigenvalue weighted by molar-refractivity contribution is 0.0535. The number of benzene rings is 2. The van der Waals surface area contributed by atoms with Crippen molar-refractivity contribution < 1.29 is 13.9 Å². The van der Waals surface area contributed by atoms with Crippen LogP contribution in [0.5, 0.6) is 5.75 Å². The first-order valence-corrected chi connectivity index (χ1v) is 9.49. The molecule has 1 saturated heterocycles. The largest absolute Gasteiger partial charge is 0.496 e. The molecule has 0 radical (unpaired) electrons. The van der Waals surface area contributed by atoms with Gasteiger partial charge in [0.15, 0.2) is 0 Å². The third-order valence-corrected chi connectivity index (χ3v) is 5.59. The minimum absolute atomic E-state index is 0.153. The zero-order valence-electron chi connectivity index (χ0n) is 16.2. The molecule has 5 nitrogen and oxygen atoms in total. The molecule has 2 aromatic carbocycles. The number of aryl methyl sites for hydroxylation is 1. The van der Waals surface area contributed by atoms with Gasteiger partial charge in [0.2, 0.25) is 0 Å². The van der Waals surface area contributed by atoms with Crippen LogP contribution >= 0.6 is 0 Å². The van der Waals surface area contributed by atoms with Crippen LogP contribution in [0.1, 0.15) is 24.0 Å². The standard InChI is InChI=1S/C22H24FN3O2/c1-15-6-7-19(27-2)17(12-15)22(8-10-28-11-9-22)13-24-21-16-4-3-5-18(23)20(16)25-14-26-21/h3-7,12,14H,8-11,13H2,1-2H3,(H,24,25,26). The Morgan fingerprint density at radius 3 is 2.79 bits per heavy atom. The molecule has 3 aromatic rings. The fourth-order valence-corrected chi connectivity index (χ4v) is 3.99. The van der Waals surface area contributed by atoms with Crippen molar-refractivity contribution in [1.82, 2.24) is 9.97 Å². The Morgan fingerprint density at radius 1 is 1.18 bits per heavy atom. The molecule has 0 spiro atoms. The molecule has 0 amide bonds. The van der Waals surface area contributed by atoms with E-state index in [4.69, 9.17) is 9.47 Å².